The van der Waals surface area contributed by atoms with E-state index in [1.54, 1.807) is 20.1 Å². The number of hydroxylamine groups is 1. The van der Waals surface area contributed by atoms with Gasteiger partial charge in [0.15, 0.2) is 54.1 Å². The Labute approximate surface area is 533 Å². The number of aliphatic hydroxyl groups is 4. The van der Waals surface area contributed by atoms with Gasteiger partial charge in [0.25, 0.3) is 5.91 Å². The zero-order chi connectivity index (χ0) is 64.9. The smallest absolute Gasteiger partial charge is 0.411 e. The fraction of sp³-hybridized carbons (Fsp3) is 0.627. The summed E-state index contributed by atoms with van der Waals surface area (Å²) < 4.78 is 77.9. The molecule has 2 aliphatic carbocycles. The zero-order valence-corrected chi connectivity index (χ0v) is 54.6. The maximum atomic E-state index is 15.6. The molecule has 2 bridgehead atoms. The number of nitrogens with one attached hydrogen (secondary N) is 4. The lowest BCUT2D eigenvalue weighted by molar-refractivity contribution is -0.336. The fourth-order valence-corrected chi connectivity index (χ4v) is 14.1. The van der Waals surface area contributed by atoms with E-state index in [0.29, 0.717) is 0 Å². The Morgan fingerprint density at radius 1 is 0.854 bits per heavy atom. The number of thioether (sulfide) groups is 1. The summed E-state index contributed by atoms with van der Waals surface area (Å²) in [4.78, 5) is 62.5. The van der Waals surface area contributed by atoms with E-state index in [4.69, 9.17) is 66.4 Å². The second-order valence-electron chi connectivity index (χ2n) is 21.4. The topological polar surface area (TPSA) is 327 Å². The maximum absolute atomic E-state index is 15.6. The van der Waals surface area contributed by atoms with Crippen LogP contribution >= 0.6 is 43.2 Å². The van der Waals surface area contributed by atoms with Crippen LogP contribution in [-0.2, 0) is 66.5 Å². The van der Waals surface area contributed by atoms with Crippen molar-refractivity contribution in [1.82, 2.24) is 16.1 Å². The lowest BCUT2D eigenvalue weighted by atomic mass is 9.73. The van der Waals surface area contributed by atoms with Crippen LogP contribution in [-0.4, -0.2) is 226 Å². The van der Waals surface area contributed by atoms with Gasteiger partial charge in [0.05, 0.1) is 99.8 Å². The molecule has 19 unspecified atom stereocenters. The SMILES string of the molecule is C=C(OC)C(=O)Nc1cc(OC)c(OC)cc1C(=O)OC1CC(OC2C(=O)C(NC(=O)OC)=C3/C(=C\CSSSC)C2(O)C#C/C=C\C#CC3OC2OC(C)C(NOC3CC(O)C(SC)C(C)O3)C(O)C2OC2CC(OC)C(NC(C)C)CO2)OC(C)C1O. The van der Waals surface area contributed by atoms with Crippen LogP contribution in [0.1, 0.15) is 64.2 Å². The molecule has 0 saturated carbocycles. The predicted molar refractivity (Wildman–Crippen MR) is 330 cm³/mol. The van der Waals surface area contributed by atoms with Crippen molar-refractivity contribution in [1.29, 1.82) is 0 Å². The Kier molecular flexibility index (Phi) is 26.9. The summed E-state index contributed by atoms with van der Waals surface area (Å²) in [6.07, 6.45) is -11.7. The van der Waals surface area contributed by atoms with E-state index in [2.05, 4.69) is 51.7 Å². The van der Waals surface area contributed by atoms with E-state index < -0.39 is 134 Å². The minimum absolute atomic E-state index is 0.0843. The van der Waals surface area contributed by atoms with Crippen LogP contribution in [0.15, 0.2) is 59.5 Å². The molecular weight excluding hydrogens is 1240 g/mol. The van der Waals surface area contributed by atoms with E-state index in [1.807, 2.05) is 33.3 Å². The number of amides is 2. The van der Waals surface area contributed by atoms with Gasteiger partial charge >= 0.3 is 12.1 Å². The molecule has 8 N–H and O–H groups in total. The molecule has 2 amide bonds. The standard InChI is InChI=1S/C59H80N4O22S4/c1-28(2)60-36-27-77-43(25-39(36)73-8)83-52-50(66)47(63-85-45-24-37(64)53(86-12)31(5)79-45)29(3)80-57(52)82-38-18-16-14-15-17-20-59(71)34(19-21-88-89-87-13)46(38)48(62-58(70)76-11)51(67)54(59)84-44-26-42(49(65)30(4)78-44)81-56(69)33-22-40(74-9)41(75-10)23-35(33)61-55(68)32(6)72-7/h14-15,19,22-23,28-31,36-39,42-45,47,49-50,52-54,57,60,63-66,71H,6,21,24-27H2,1-5,7-13H3,(H,61,68)(H,62,70)/b15-14-,34-19+. The van der Waals surface area contributed by atoms with Crippen molar-refractivity contribution in [2.24, 2.45) is 0 Å². The lowest BCUT2D eigenvalue weighted by Gasteiger charge is -2.47. The van der Waals surface area contributed by atoms with Crippen LogP contribution in [0.5, 0.6) is 11.5 Å². The Balaban J connectivity index is 1.27. The summed E-state index contributed by atoms with van der Waals surface area (Å²) in [6, 6.07) is 1.39. The summed E-state index contributed by atoms with van der Waals surface area (Å²) in [7, 11) is 10.8. The number of hydrogen-bond donors (Lipinski definition) is 8. The van der Waals surface area contributed by atoms with Crippen molar-refractivity contribution < 1.29 is 106 Å². The maximum Gasteiger partial charge on any atom is 0.411 e. The minimum Gasteiger partial charge on any atom is -0.493 e. The Hall–Kier alpha value is -4.62. The van der Waals surface area contributed by atoms with Gasteiger partial charge in [-0.2, -0.15) is 17.2 Å². The van der Waals surface area contributed by atoms with Gasteiger partial charge in [0.2, 0.25) is 5.78 Å². The number of ether oxygens (including phenoxy) is 13. The highest BCUT2D eigenvalue weighted by molar-refractivity contribution is 9.09. The third kappa shape index (κ3) is 17.6. The first kappa shape index (κ1) is 71.8. The fourth-order valence-electron chi connectivity index (χ4n) is 10.8. The number of methoxy groups -OCH3 is 5. The van der Waals surface area contributed by atoms with Crippen LogP contribution in [0.25, 0.3) is 0 Å². The van der Waals surface area contributed by atoms with Crippen molar-refractivity contribution in [3.8, 4) is 35.2 Å². The monoisotopic (exact) mass is 1320 g/mol. The molecule has 0 radical (unpaired) electrons. The number of ketones is 1. The molecule has 7 rings (SSSR count). The molecule has 492 valence electrons. The van der Waals surface area contributed by atoms with Crippen LogP contribution in [0.2, 0.25) is 0 Å². The molecule has 19 atom stereocenters. The third-order valence-corrected chi connectivity index (χ3v) is 20.2. The average molecular weight is 1330 g/mol. The number of carbonyl (C=O) groups excluding carboxylic acids is 4. The van der Waals surface area contributed by atoms with Gasteiger partial charge in [-0.25, -0.2) is 9.59 Å². The predicted octanol–water partition coefficient (Wildman–Crippen LogP) is 3.42. The van der Waals surface area contributed by atoms with Crippen LogP contribution < -0.4 is 30.9 Å². The molecule has 30 heteroatoms. The van der Waals surface area contributed by atoms with Crippen LogP contribution in [0.4, 0.5) is 10.5 Å². The lowest BCUT2D eigenvalue weighted by Crippen LogP contribution is -2.65. The molecule has 0 aromatic heterocycles. The van der Waals surface area contributed by atoms with E-state index in [0.717, 1.165) is 7.11 Å². The number of alkyl carbamates (subject to hydrolysis) is 1. The number of fused-ring (bicyclic) bond motifs is 2. The van der Waals surface area contributed by atoms with Crippen LogP contribution in [0, 0.1) is 23.7 Å². The molecular formula is C59H80N4O22S4. The molecule has 6 aliphatic rings. The van der Waals surface area contributed by atoms with E-state index in [-0.39, 0.29) is 88.3 Å². The van der Waals surface area contributed by atoms with Gasteiger partial charge in [0, 0.05) is 61.4 Å². The van der Waals surface area contributed by atoms with Gasteiger partial charge in [0.1, 0.15) is 30.5 Å². The van der Waals surface area contributed by atoms with Gasteiger partial charge in [-0.15, -0.1) is 0 Å². The summed E-state index contributed by atoms with van der Waals surface area (Å²) in [5, 5.41) is 56.8. The Morgan fingerprint density at radius 3 is 2.22 bits per heavy atom. The largest absolute Gasteiger partial charge is 0.493 e. The highest BCUT2D eigenvalue weighted by Gasteiger charge is 2.57. The first-order chi connectivity index (χ1) is 42.5. The Bertz CT molecular complexity index is 2890. The van der Waals surface area contributed by atoms with E-state index >= 15 is 4.79 Å². The minimum atomic E-state index is -2.66. The van der Waals surface area contributed by atoms with Gasteiger partial charge in [-0.05, 0) is 55.3 Å². The molecule has 26 nitrogen and oxygen atoms in total. The molecule has 4 saturated heterocycles. The molecule has 1 aromatic rings. The quantitative estimate of drug-likeness (QED) is 0.0132. The number of rotatable bonds is 25. The average Bonchev–Trinajstić information content (AvgIpc) is 0.971. The second-order valence-corrected chi connectivity index (χ2v) is 26.8. The molecule has 4 fully saturated rings. The first-order valence-corrected chi connectivity index (χ1v) is 33.8. The van der Waals surface area contributed by atoms with Crippen molar-refractivity contribution >= 4 is 72.6 Å². The number of allylic oxidation sites excluding steroid dienone is 2. The van der Waals surface area contributed by atoms with Gasteiger partial charge < -0.3 is 92.6 Å². The normalized spacial score (nSPS) is 34.4. The molecule has 0 spiro atoms. The highest BCUT2D eigenvalue weighted by atomic mass is 33.5. The zero-order valence-electron chi connectivity index (χ0n) is 51.4. The number of aliphatic hydroxyl groups excluding tert-OH is 3. The number of carbonyl (C=O) groups is 4. The van der Waals surface area contributed by atoms with Gasteiger partial charge in [-0.1, -0.05) is 71.8 Å². The van der Waals surface area contributed by atoms with Gasteiger partial charge in [-0.3, -0.25) is 19.7 Å². The summed E-state index contributed by atoms with van der Waals surface area (Å²) >= 11 is 1.47. The third-order valence-electron chi connectivity index (χ3n) is 15.2. The molecule has 4 heterocycles. The van der Waals surface area contributed by atoms with Crippen molar-refractivity contribution in [2.45, 2.75) is 175 Å². The van der Waals surface area contributed by atoms with E-state index in [1.165, 1.54) is 95.7 Å². The summed E-state index contributed by atoms with van der Waals surface area (Å²) in [6.45, 7) is 12.6. The molecule has 89 heavy (non-hydrogen) atoms. The Morgan fingerprint density at radius 2 is 1.56 bits per heavy atom. The van der Waals surface area contributed by atoms with E-state index in [9.17, 15) is 34.8 Å². The number of esters is 1. The number of hydrogen-bond acceptors (Lipinski definition) is 28. The van der Waals surface area contributed by atoms with Crippen molar-refractivity contribution in [3.63, 3.8) is 0 Å². The highest BCUT2D eigenvalue weighted by Crippen LogP contribution is 2.44. The molecule has 4 aliphatic heterocycles. The number of benzene rings is 1. The second kappa shape index (κ2) is 33.3. The summed E-state index contributed by atoms with van der Waals surface area (Å²) in [5.74, 6) is 8.60. The summed E-state index contributed by atoms with van der Waals surface area (Å²) in [5.41, 5.74) is -0.949. The van der Waals surface area contributed by atoms with Crippen molar-refractivity contribution in [2.75, 3.05) is 65.7 Å². The number of anilines is 1. The number of Topliss-reactive ketones (excluding diaryl/α,β-unsaturated/α-hetero) is 1. The van der Waals surface area contributed by atoms with Crippen LogP contribution in [0.3, 0.4) is 0 Å². The van der Waals surface area contributed by atoms with Crippen molar-refractivity contribution in [3.05, 3.63) is 65.1 Å². The first-order valence-electron chi connectivity index (χ1n) is 28.4. The molecule has 1 aromatic carbocycles.